The molecular formula is C26H36N2O4. The Hall–Kier alpha value is -2.86. The summed E-state index contributed by atoms with van der Waals surface area (Å²) in [6, 6.07) is 14.7. The first kappa shape index (κ1) is 25.4. The van der Waals surface area contributed by atoms with Crippen LogP contribution in [-0.4, -0.2) is 48.4 Å². The van der Waals surface area contributed by atoms with Crippen LogP contribution in [0.25, 0.3) is 0 Å². The summed E-state index contributed by atoms with van der Waals surface area (Å²) >= 11 is 0. The van der Waals surface area contributed by atoms with Crippen molar-refractivity contribution < 1.29 is 19.4 Å². The fourth-order valence-corrected chi connectivity index (χ4v) is 3.73. The molecule has 0 bridgehead atoms. The molecule has 3 N–H and O–H groups in total. The number of nitrogens with zero attached hydrogens (tertiary/aromatic N) is 1. The van der Waals surface area contributed by atoms with Crippen LogP contribution >= 0.6 is 0 Å². The fraction of sp³-hybridized carbons (Fsp3) is 0.462. The monoisotopic (exact) mass is 440 g/mol. The number of benzene rings is 2. The highest BCUT2D eigenvalue weighted by molar-refractivity contribution is 5.96. The van der Waals surface area contributed by atoms with E-state index in [1.807, 2.05) is 18.2 Å². The van der Waals surface area contributed by atoms with E-state index in [-0.39, 0.29) is 11.7 Å². The zero-order chi connectivity index (χ0) is 23.2. The molecule has 1 aliphatic heterocycles. The van der Waals surface area contributed by atoms with Crippen LogP contribution in [0.15, 0.2) is 48.5 Å². The van der Waals surface area contributed by atoms with Crippen LogP contribution in [0.3, 0.4) is 0 Å². The molecule has 0 unspecified atom stereocenters. The third-order valence-electron chi connectivity index (χ3n) is 5.60. The van der Waals surface area contributed by atoms with Gasteiger partial charge in [0.1, 0.15) is 11.5 Å². The van der Waals surface area contributed by atoms with E-state index in [1.54, 1.807) is 37.4 Å². The molecule has 0 radical (unpaired) electrons. The maximum atomic E-state index is 11.7. The second-order valence-corrected chi connectivity index (χ2v) is 8.11. The number of hydrogen-bond donors (Lipinski definition) is 2. The molecule has 2 aromatic carbocycles. The van der Waals surface area contributed by atoms with E-state index in [2.05, 4.69) is 4.90 Å². The van der Waals surface area contributed by atoms with Gasteiger partial charge in [-0.15, -0.1) is 0 Å². The Morgan fingerprint density at radius 1 is 0.969 bits per heavy atom. The molecule has 1 saturated heterocycles. The Balaban J connectivity index is 0.000000228. The molecule has 0 aromatic heterocycles. The van der Waals surface area contributed by atoms with Crippen molar-refractivity contribution >= 4 is 11.7 Å². The second-order valence-electron chi connectivity index (χ2n) is 8.11. The van der Waals surface area contributed by atoms with Gasteiger partial charge in [0.25, 0.3) is 0 Å². The standard InChI is InChI=1S/C13H17NO3.C13H19NO/c1-17-11-8-6-10(7-9-11)12(15)4-2-3-5-13(14)16;15-13-8-2-1-6-12(13)7-5-11-14-9-3-4-10-14/h6-9H,2-5H2,1H3,(H2,14,16);1-2,6,8,15H,3-5,7,9-11H2. The Morgan fingerprint density at radius 3 is 2.25 bits per heavy atom. The number of nitrogens with two attached hydrogens (primary N) is 1. The number of unbranched alkanes of at least 4 members (excludes halogenated alkanes) is 1. The molecule has 32 heavy (non-hydrogen) atoms. The number of aromatic hydroxyl groups is 1. The van der Waals surface area contributed by atoms with Gasteiger partial charge in [-0.3, -0.25) is 9.59 Å². The van der Waals surface area contributed by atoms with Crippen LogP contribution in [-0.2, 0) is 11.2 Å². The van der Waals surface area contributed by atoms with Crippen molar-refractivity contribution in [2.45, 2.75) is 51.4 Å². The first-order valence-electron chi connectivity index (χ1n) is 11.4. The highest BCUT2D eigenvalue weighted by Gasteiger charge is 2.10. The highest BCUT2D eigenvalue weighted by Crippen LogP contribution is 2.18. The molecule has 0 atom stereocenters. The van der Waals surface area contributed by atoms with E-state index < -0.39 is 0 Å². The molecule has 6 heteroatoms. The third-order valence-corrected chi connectivity index (χ3v) is 5.60. The van der Waals surface area contributed by atoms with Crippen LogP contribution in [0.4, 0.5) is 0 Å². The molecule has 0 aliphatic carbocycles. The minimum atomic E-state index is -0.318. The summed E-state index contributed by atoms with van der Waals surface area (Å²) in [5.41, 5.74) is 6.77. The number of Topliss-reactive ketones (excluding diaryl/α,β-unsaturated/α-hetero) is 1. The van der Waals surface area contributed by atoms with Crippen molar-refractivity contribution in [1.82, 2.24) is 4.90 Å². The number of phenols is 1. The minimum absolute atomic E-state index is 0.0807. The summed E-state index contributed by atoms with van der Waals surface area (Å²) in [4.78, 5) is 24.8. The summed E-state index contributed by atoms with van der Waals surface area (Å²) in [5.74, 6) is 0.938. The van der Waals surface area contributed by atoms with Gasteiger partial charge in [0.05, 0.1) is 7.11 Å². The quantitative estimate of drug-likeness (QED) is 0.400. The maximum Gasteiger partial charge on any atom is 0.217 e. The Bertz CT molecular complexity index is 830. The number of methoxy groups -OCH3 is 1. The van der Waals surface area contributed by atoms with Gasteiger partial charge < -0.3 is 20.5 Å². The van der Waals surface area contributed by atoms with E-state index in [1.165, 1.54) is 32.5 Å². The van der Waals surface area contributed by atoms with Gasteiger partial charge in [0.2, 0.25) is 5.91 Å². The Labute approximate surface area is 191 Å². The zero-order valence-corrected chi connectivity index (χ0v) is 19.1. The molecule has 1 heterocycles. The van der Waals surface area contributed by atoms with Crippen LogP contribution in [0, 0.1) is 0 Å². The van der Waals surface area contributed by atoms with E-state index in [4.69, 9.17) is 10.5 Å². The average Bonchev–Trinajstić information content (AvgIpc) is 3.32. The van der Waals surface area contributed by atoms with Gasteiger partial charge in [0.15, 0.2) is 5.78 Å². The molecule has 174 valence electrons. The molecule has 1 aliphatic rings. The summed E-state index contributed by atoms with van der Waals surface area (Å²) in [6.07, 6.45) is 6.99. The van der Waals surface area contributed by atoms with Gasteiger partial charge in [-0.25, -0.2) is 0 Å². The number of rotatable bonds is 11. The van der Waals surface area contributed by atoms with Crippen molar-refractivity contribution in [2.75, 3.05) is 26.7 Å². The molecule has 2 aromatic rings. The molecule has 0 saturated carbocycles. The Kier molecular flexibility index (Phi) is 11.3. The SMILES string of the molecule is COc1ccc(C(=O)CCCCC(N)=O)cc1.Oc1ccccc1CCCN1CCCC1. The number of phenolic OH excluding ortho intramolecular Hbond substituents is 1. The second kappa shape index (κ2) is 14.2. The first-order valence-corrected chi connectivity index (χ1v) is 11.4. The zero-order valence-electron chi connectivity index (χ0n) is 19.1. The number of aryl methyl sites for hydroxylation is 1. The van der Waals surface area contributed by atoms with Crippen LogP contribution in [0.2, 0.25) is 0 Å². The summed E-state index contributed by atoms with van der Waals surface area (Å²) < 4.78 is 5.01. The average molecular weight is 441 g/mol. The van der Waals surface area contributed by atoms with E-state index >= 15 is 0 Å². The van der Waals surface area contributed by atoms with Gasteiger partial charge in [-0.2, -0.15) is 0 Å². The lowest BCUT2D eigenvalue weighted by Crippen LogP contribution is -2.20. The number of amides is 1. The van der Waals surface area contributed by atoms with Crippen molar-refractivity contribution in [2.24, 2.45) is 5.73 Å². The summed E-state index contributed by atoms with van der Waals surface area (Å²) in [7, 11) is 1.58. The number of likely N-dealkylation sites (tertiary alicyclic amines) is 1. The topological polar surface area (TPSA) is 92.9 Å². The Morgan fingerprint density at radius 2 is 1.62 bits per heavy atom. The minimum Gasteiger partial charge on any atom is -0.508 e. The largest absolute Gasteiger partial charge is 0.508 e. The van der Waals surface area contributed by atoms with Crippen molar-refractivity contribution in [3.8, 4) is 11.5 Å². The van der Waals surface area contributed by atoms with Gasteiger partial charge in [-0.05, 0) is 94.1 Å². The lowest BCUT2D eigenvalue weighted by molar-refractivity contribution is -0.118. The molecular weight excluding hydrogens is 404 g/mol. The predicted molar refractivity (Wildman–Crippen MR) is 127 cm³/mol. The van der Waals surface area contributed by atoms with Crippen molar-refractivity contribution in [1.29, 1.82) is 0 Å². The van der Waals surface area contributed by atoms with E-state index in [9.17, 15) is 14.7 Å². The normalized spacial score (nSPS) is 13.3. The lowest BCUT2D eigenvalue weighted by atomic mass is 10.0. The number of ketones is 1. The number of ether oxygens (including phenoxy) is 1. The van der Waals surface area contributed by atoms with Crippen LogP contribution in [0.1, 0.15) is 60.9 Å². The molecule has 3 rings (SSSR count). The number of primary amides is 1. The predicted octanol–water partition coefficient (Wildman–Crippen LogP) is 4.34. The van der Waals surface area contributed by atoms with Crippen LogP contribution in [0.5, 0.6) is 11.5 Å². The lowest BCUT2D eigenvalue weighted by Gasteiger charge is -2.14. The molecule has 1 fully saturated rings. The summed E-state index contributed by atoms with van der Waals surface area (Å²) in [5, 5.41) is 9.59. The molecule has 1 amide bonds. The number of hydrogen-bond acceptors (Lipinski definition) is 5. The van der Waals surface area contributed by atoms with Gasteiger partial charge in [0, 0.05) is 18.4 Å². The number of carbonyl (C=O) groups is 2. The third kappa shape index (κ3) is 9.52. The smallest absolute Gasteiger partial charge is 0.217 e. The highest BCUT2D eigenvalue weighted by atomic mass is 16.5. The number of para-hydroxylation sites is 1. The summed E-state index contributed by atoms with van der Waals surface area (Å²) in [6.45, 7) is 3.70. The van der Waals surface area contributed by atoms with Gasteiger partial charge >= 0.3 is 0 Å². The fourth-order valence-electron chi connectivity index (χ4n) is 3.73. The van der Waals surface area contributed by atoms with Gasteiger partial charge in [-0.1, -0.05) is 18.2 Å². The number of carbonyl (C=O) groups excluding carboxylic acids is 2. The molecule has 0 spiro atoms. The van der Waals surface area contributed by atoms with E-state index in [0.717, 1.165) is 24.2 Å². The first-order chi connectivity index (χ1) is 15.5. The maximum absolute atomic E-state index is 11.7. The molecule has 6 nitrogen and oxygen atoms in total. The van der Waals surface area contributed by atoms with E-state index in [0.29, 0.717) is 37.0 Å². The van der Waals surface area contributed by atoms with Crippen molar-refractivity contribution in [3.05, 3.63) is 59.7 Å². The van der Waals surface area contributed by atoms with Crippen LogP contribution < -0.4 is 10.5 Å². The van der Waals surface area contributed by atoms with Crippen molar-refractivity contribution in [3.63, 3.8) is 0 Å².